The third kappa shape index (κ3) is 4.71. The van der Waals surface area contributed by atoms with Crippen LogP contribution in [0.25, 0.3) is 0 Å². The fourth-order valence-electron chi connectivity index (χ4n) is 3.14. The minimum absolute atomic E-state index is 0.122. The Labute approximate surface area is 177 Å². The Morgan fingerprint density at radius 3 is 2.50 bits per heavy atom. The smallest absolute Gasteiger partial charge is 0.322 e. The molecule has 3 amide bonds. The van der Waals surface area contributed by atoms with Crippen molar-refractivity contribution in [2.45, 2.75) is 6.54 Å². The highest BCUT2D eigenvalue weighted by molar-refractivity contribution is 7.10. The van der Waals surface area contributed by atoms with Crippen LogP contribution in [0.4, 0.5) is 15.6 Å². The largest absolute Gasteiger partial charge is 0.353 e. The van der Waals surface area contributed by atoms with E-state index < -0.39 is 0 Å². The molecule has 2 N–H and O–H groups in total. The first kappa shape index (κ1) is 19.8. The third-order valence-corrected chi connectivity index (χ3v) is 5.40. The maximum Gasteiger partial charge on any atom is 0.322 e. The lowest BCUT2D eigenvalue weighted by molar-refractivity contribution is 0.0946. The van der Waals surface area contributed by atoms with Gasteiger partial charge >= 0.3 is 6.03 Å². The van der Waals surface area contributed by atoms with Crippen molar-refractivity contribution >= 4 is 34.3 Å². The molecule has 0 spiro atoms. The molecule has 154 valence electrons. The molecule has 1 aliphatic heterocycles. The number of aromatic nitrogens is 3. The van der Waals surface area contributed by atoms with Crippen LogP contribution in [0.5, 0.6) is 0 Å². The number of amides is 3. The van der Waals surface area contributed by atoms with Gasteiger partial charge < -0.3 is 15.1 Å². The van der Waals surface area contributed by atoms with Crippen LogP contribution in [0.1, 0.15) is 16.1 Å². The van der Waals surface area contributed by atoms with E-state index in [0.29, 0.717) is 37.7 Å². The molecule has 2 aromatic heterocycles. The van der Waals surface area contributed by atoms with E-state index in [0.717, 1.165) is 22.9 Å². The van der Waals surface area contributed by atoms with E-state index in [9.17, 15) is 9.59 Å². The van der Waals surface area contributed by atoms with Gasteiger partial charge in [0.05, 0.1) is 0 Å². The quantitative estimate of drug-likeness (QED) is 0.652. The molecule has 1 fully saturated rings. The number of rotatable bonds is 5. The standard InChI is InChI=1S/C20H21N7O2S/c28-18(22-14-15-6-2-1-3-7-15)17-19(30-25-24-17)23-20(29)27-12-10-26(11-13-27)16-8-4-5-9-21-16/h1-9H,10-14H2,(H,22,28)(H,23,29). The molecule has 30 heavy (non-hydrogen) atoms. The average molecular weight is 424 g/mol. The Balaban J connectivity index is 1.31. The van der Waals surface area contributed by atoms with Crippen molar-refractivity contribution < 1.29 is 9.59 Å². The van der Waals surface area contributed by atoms with Gasteiger partial charge in [-0.15, -0.1) is 5.10 Å². The molecule has 1 aliphatic rings. The summed E-state index contributed by atoms with van der Waals surface area (Å²) in [6.45, 7) is 2.88. The number of anilines is 2. The summed E-state index contributed by atoms with van der Waals surface area (Å²) in [5.41, 5.74) is 1.10. The highest BCUT2D eigenvalue weighted by Crippen LogP contribution is 2.19. The molecule has 10 heteroatoms. The van der Waals surface area contributed by atoms with Crippen molar-refractivity contribution in [1.29, 1.82) is 0 Å². The summed E-state index contributed by atoms with van der Waals surface area (Å²) in [5.74, 6) is 0.532. The Morgan fingerprint density at radius 2 is 1.77 bits per heavy atom. The molecule has 0 saturated carbocycles. The summed E-state index contributed by atoms with van der Waals surface area (Å²) in [6.07, 6.45) is 1.76. The second-order valence-corrected chi connectivity index (χ2v) is 7.47. The molecule has 1 saturated heterocycles. The summed E-state index contributed by atoms with van der Waals surface area (Å²) in [4.78, 5) is 33.3. The minimum Gasteiger partial charge on any atom is -0.353 e. The first-order valence-electron chi connectivity index (χ1n) is 9.57. The molecule has 1 aromatic carbocycles. The van der Waals surface area contributed by atoms with Crippen LogP contribution in [0.2, 0.25) is 0 Å². The van der Waals surface area contributed by atoms with Crippen LogP contribution in [0.3, 0.4) is 0 Å². The maximum absolute atomic E-state index is 12.7. The van der Waals surface area contributed by atoms with Gasteiger partial charge in [-0.2, -0.15) is 0 Å². The van der Waals surface area contributed by atoms with Crippen LogP contribution in [0.15, 0.2) is 54.7 Å². The van der Waals surface area contributed by atoms with E-state index in [4.69, 9.17) is 0 Å². The first-order valence-corrected chi connectivity index (χ1v) is 10.3. The summed E-state index contributed by atoms with van der Waals surface area (Å²) in [7, 11) is 0. The molecule has 0 aliphatic carbocycles. The second-order valence-electron chi connectivity index (χ2n) is 6.71. The summed E-state index contributed by atoms with van der Waals surface area (Å²) >= 11 is 0.988. The molecule has 3 aromatic rings. The van der Waals surface area contributed by atoms with Gasteiger partial charge in [-0.1, -0.05) is 40.9 Å². The van der Waals surface area contributed by atoms with Crippen LogP contribution in [-0.2, 0) is 6.54 Å². The topological polar surface area (TPSA) is 103 Å². The van der Waals surface area contributed by atoms with Gasteiger partial charge in [-0.05, 0) is 17.7 Å². The van der Waals surface area contributed by atoms with Crippen LogP contribution in [-0.4, -0.2) is 57.6 Å². The maximum atomic E-state index is 12.7. The average Bonchev–Trinajstić information content (AvgIpc) is 3.27. The van der Waals surface area contributed by atoms with Crippen molar-refractivity contribution in [3.05, 3.63) is 66.0 Å². The SMILES string of the molecule is O=C(NCc1ccccc1)c1nnsc1NC(=O)N1CCN(c2ccccn2)CC1. The number of nitrogens with zero attached hydrogens (tertiary/aromatic N) is 5. The predicted octanol–water partition coefficient (Wildman–Crippen LogP) is 2.22. The molecular weight excluding hydrogens is 402 g/mol. The number of urea groups is 1. The zero-order chi connectivity index (χ0) is 20.8. The molecule has 0 atom stereocenters. The summed E-state index contributed by atoms with van der Waals surface area (Å²) in [5, 5.41) is 9.81. The Morgan fingerprint density at radius 1 is 1.00 bits per heavy atom. The van der Waals surface area contributed by atoms with Gasteiger partial charge in [0.1, 0.15) is 5.82 Å². The molecule has 0 radical (unpaired) electrons. The Hall–Kier alpha value is -3.53. The fourth-order valence-corrected chi connectivity index (χ4v) is 3.70. The number of pyridine rings is 1. The summed E-state index contributed by atoms with van der Waals surface area (Å²) < 4.78 is 3.83. The van der Waals surface area contributed by atoms with Crippen molar-refractivity contribution in [2.24, 2.45) is 0 Å². The van der Waals surface area contributed by atoms with E-state index in [2.05, 4.69) is 30.1 Å². The van der Waals surface area contributed by atoms with Crippen molar-refractivity contribution in [2.75, 3.05) is 36.4 Å². The van der Waals surface area contributed by atoms with Gasteiger partial charge in [-0.25, -0.2) is 9.78 Å². The van der Waals surface area contributed by atoms with E-state index >= 15 is 0 Å². The zero-order valence-corrected chi connectivity index (χ0v) is 17.0. The van der Waals surface area contributed by atoms with Crippen LogP contribution < -0.4 is 15.5 Å². The lowest BCUT2D eigenvalue weighted by Crippen LogP contribution is -2.50. The van der Waals surface area contributed by atoms with E-state index in [1.165, 1.54) is 0 Å². The monoisotopic (exact) mass is 423 g/mol. The highest BCUT2D eigenvalue weighted by atomic mass is 32.1. The summed E-state index contributed by atoms with van der Waals surface area (Å²) in [6, 6.07) is 15.1. The highest BCUT2D eigenvalue weighted by Gasteiger charge is 2.24. The molecule has 4 rings (SSSR count). The molecule has 9 nitrogen and oxygen atoms in total. The lowest BCUT2D eigenvalue weighted by atomic mass is 10.2. The normalized spacial score (nSPS) is 13.7. The zero-order valence-electron chi connectivity index (χ0n) is 16.2. The van der Waals surface area contributed by atoms with Crippen molar-refractivity contribution in [3.8, 4) is 0 Å². The number of benzene rings is 1. The number of carbonyl (C=O) groups excluding carboxylic acids is 2. The number of hydrogen-bond donors (Lipinski definition) is 2. The number of hydrogen-bond acceptors (Lipinski definition) is 7. The van der Waals surface area contributed by atoms with Crippen molar-refractivity contribution in [1.82, 2.24) is 24.8 Å². The van der Waals surface area contributed by atoms with Gasteiger partial charge in [0.25, 0.3) is 5.91 Å². The fraction of sp³-hybridized carbons (Fsp3) is 0.250. The number of nitrogens with one attached hydrogen (secondary N) is 2. The molecular formula is C20H21N7O2S. The van der Waals surface area contributed by atoms with Gasteiger partial charge in [0.2, 0.25) is 0 Å². The van der Waals surface area contributed by atoms with Gasteiger partial charge in [0.15, 0.2) is 10.7 Å². The minimum atomic E-state index is -0.372. The molecule has 3 heterocycles. The Kier molecular flexibility index (Phi) is 6.14. The Bertz CT molecular complexity index is 989. The number of carbonyl (C=O) groups is 2. The number of piperazine rings is 1. The third-order valence-electron chi connectivity index (χ3n) is 4.76. The van der Waals surface area contributed by atoms with E-state index in [1.54, 1.807) is 11.1 Å². The molecule has 0 unspecified atom stereocenters. The molecule has 0 bridgehead atoms. The van der Waals surface area contributed by atoms with Crippen LogP contribution in [0, 0.1) is 0 Å². The first-order chi connectivity index (χ1) is 14.7. The van der Waals surface area contributed by atoms with Crippen LogP contribution >= 0.6 is 11.5 Å². The van der Waals surface area contributed by atoms with E-state index in [1.807, 2.05) is 48.5 Å². The van der Waals surface area contributed by atoms with Crippen molar-refractivity contribution in [3.63, 3.8) is 0 Å². The van der Waals surface area contributed by atoms with Gasteiger partial charge in [0, 0.05) is 50.5 Å². The van der Waals surface area contributed by atoms with E-state index in [-0.39, 0.29) is 17.6 Å². The van der Waals surface area contributed by atoms with Gasteiger partial charge in [-0.3, -0.25) is 10.1 Å². The lowest BCUT2D eigenvalue weighted by Gasteiger charge is -2.35. The second kappa shape index (κ2) is 9.31. The predicted molar refractivity (Wildman–Crippen MR) is 115 cm³/mol.